The lowest BCUT2D eigenvalue weighted by Gasteiger charge is -1.96. The van der Waals surface area contributed by atoms with Crippen LogP contribution in [0.2, 0.25) is 5.02 Å². The van der Waals surface area contributed by atoms with Crippen molar-refractivity contribution < 1.29 is 13.9 Å². The average Bonchev–Trinajstić information content (AvgIpc) is 2.62. The van der Waals surface area contributed by atoms with Gasteiger partial charge in [0, 0.05) is 17.9 Å². The van der Waals surface area contributed by atoms with E-state index in [2.05, 4.69) is 0 Å². The van der Waals surface area contributed by atoms with Gasteiger partial charge in [0.05, 0.1) is 17.2 Å². The Kier molecular flexibility index (Phi) is 2.83. The summed E-state index contributed by atoms with van der Waals surface area (Å²) in [6.45, 7) is 2.03. The van der Waals surface area contributed by atoms with Crippen LogP contribution in [0.4, 0.5) is 4.39 Å². The van der Waals surface area contributed by atoms with Crippen molar-refractivity contribution >= 4 is 23.1 Å². The van der Waals surface area contributed by atoms with Crippen LogP contribution in [0.5, 0.6) is 0 Å². The molecule has 0 N–H and O–H groups in total. The third kappa shape index (κ3) is 1.88. The van der Waals surface area contributed by atoms with E-state index in [1.54, 1.807) is 13.0 Å². The number of esters is 1. The molecule has 2 aromatic heterocycles. The van der Waals surface area contributed by atoms with Gasteiger partial charge in [-0.25, -0.2) is 9.18 Å². The second-order valence-electron chi connectivity index (χ2n) is 3.25. The fraction of sp³-hybridized carbons (Fsp3) is 0.182. The molecule has 5 heteroatoms. The highest BCUT2D eigenvalue weighted by atomic mass is 35.5. The van der Waals surface area contributed by atoms with Crippen LogP contribution >= 0.6 is 11.6 Å². The number of ether oxygens (including phenoxy) is 1. The van der Waals surface area contributed by atoms with Crippen molar-refractivity contribution in [1.82, 2.24) is 4.40 Å². The minimum atomic E-state index is -0.528. The van der Waals surface area contributed by atoms with Gasteiger partial charge in [-0.2, -0.15) is 0 Å². The molecule has 2 aromatic rings. The lowest BCUT2D eigenvalue weighted by molar-refractivity contribution is 0.0526. The molecule has 3 nitrogen and oxygen atoms in total. The molecule has 0 amide bonds. The van der Waals surface area contributed by atoms with Crippen LogP contribution in [-0.2, 0) is 4.74 Å². The molecule has 0 fully saturated rings. The molecule has 2 rings (SSSR count). The van der Waals surface area contributed by atoms with Gasteiger partial charge in [-0.15, -0.1) is 0 Å². The summed E-state index contributed by atoms with van der Waals surface area (Å²) in [4.78, 5) is 11.4. The van der Waals surface area contributed by atoms with Gasteiger partial charge in [-0.3, -0.25) is 0 Å². The van der Waals surface area contributed by atoms with Gasteiger partial charge in [0.2, 0.25) is 0 Å². The van der Waals surface area contributed by atoms with Gasteiger partial charge in [0.15, 0.2) is 5.82 Å². The molecule has 16 heavy (non-hydrogen) atoms. The molecule has 0 spiro atoms. The van der Waals surface area contributed by atoms with Crippen molar-refractivity contribution in [2.24, 2.45) is 0 Å². The topological polar surface area (TPSA) is 30.7 Å². The van der Waals surface area contributed by atoms with Crippen LogP contribution in [0.3, 0.4) is 0 Å². The lowest BCUT2D eigenvalue weighted by atomic mass is 10.3. The van der Waals surface area contributed by atoms with E-state index >= 15 is 0 Å². The highest BCUT2D eigenvalue weighted by Gasteiger charge is 2.11. The summed E-state index contributed by atoms with van der Waals surface area (Å²) in [7, 11) is 0. The molecule has 0 atom stereocenters. The smallest absolute Gasteiger partial charge is 0.339 e. The van der Waals surface area contributed by atoms with Crippen molar-refractivity contribution in [2.45, 2.75) is 6.92 Å². The normalized spacial score (nSPS) is 10.7. The maximum atomic E-state index is 13.1. The quantitative estimate of drug-likeness (QED) is 0.757. The minimum absolute atomic E-state index is 0.0287. The fourth-order valence-corrected chi connectivity index (χ4v) is 1.59. The lowest BCUT2D eigenvalue weighted by Crippen LogP contribution is -2.02. The average molecular weight is 242 g/mol. The Labute approximate surface area is 96.4 Å². The van der Waals surface area contributed by atoms with E-state index in [4.69, 9.17) is 16.3 Å². The Morgan fingerprint density at radius 3 is 2.94 bits per heavy atom. The van der Waals surface area contributed by atoms with Crippen LogP contribution in [0, 0.1) is 5.82 Å². The number of carbonyl (C=O) groups excluding carboxylic acids is 1. The van der Waals surface area contributed by atoms with E-state index in [1.807, 2.05) is 0 Å². The molecule has 0 aliphatic heterocycles. The molecular weight excluding hydrogens is 233 g/mol. The van der Waals surface area contributed by atoms with Crippen molar-refractivity contribution in [3.63, 3.8) is 0 Å². The van der Waals surface area contributed by atoms with Crippen LogP contribution < -0.4 is 0 Å². The molecule has 0 saturated heterocycles. The summed E-state index contributed by atoms with van der Waals surface area (Å²) in [5.41, 5.74) is 1.03. The number of carbonyl (C=O) groups is 1. The SMILES string of the molecule is CCOC(=O)c1cc2cc(Cl)c(F)cn2c1. The first-order valence-corrected chi connectivity index (χ1v) is 5.13. The van der Waals surface area contributed by atoms with Gasteiger partial charge >= 0.3 is 5.97 Å². The molecule has 0 aliphatic carbocycles. The number of rotatable bonds is 2. The van der Waals surface area contributed by atoms with E-state index in [0.717, 1.165) is 0 Å². The van der Waals surface area contributed by atoms with Gasteiger partial charge in [0.1, 0.15) is 0 Å². The van der Waals surface area contributed by atoms with Gasteiger partial charge < -0.3 is 9.14 Å². The molecule has 0 bridgehead atoms. The van der Waals surface area contributed by atoms with Gasteiger partial charge in [0.25, 0.3) is 0 Å². The summed E-state index contributed by atoms with van der Waals surface area (Å²) >= 11 is 5.63. The molecule has 84 valence electrons. The largest absolute Gasteiger partial charge is 0.462 e. The highest BCUT2D eigenvalue weighted by Crippen LogP contribution is 2.19. The number of nitrogens with zero attached hydrogens (tertiary/aromatic N) is 1. The van der Waals surface area contributed by atoms with Crippen molar-refractivity contribution in [2.75, 3.05) is 6.61 Å². The number of hydrogen-bond acceptors (Lipinski definition) is 2. The number of fused-ring (bicyclic) bond motifs is 1. The molecule has 0 unspecified atom stereocenters. The van der Waals surface area contributed by atoms with E-state index < -0.39 is 11.8 Å². The maximum absolute atomic E-state index is 13.1. The van der Waals surface area contributed by atoms with E-state index in [9.17, 15) is 9.18 Å². The predicted octanol–water partition coefficient (Wildman–Crippen LogP) is 2.91. The van der Waals surface area contributed by atoms with Crippen molar-refractivity contribution in [3.05, 3.63) is 40.9 Å². The number of pyridine rings is 1. The predicted molar refractivity (Wildman–Crippen MR) is 58.3 cm³/mol. The standard InChI is InChI=1S/C11H9ClFNO2/c1-2-16-11(15)7-3-8-4-9(12)10(13)6-14(8)5-7/h3-6H,2H2,1H3. The Balaban J connectivity index is 2.48. The first kappa shape index (κ1) is 11.0. The summed E-state index contributed by atoms with van der Waals surface area (Å²) in [6, 6.07) is 3.06. The molecular formula is C11H9ClFNO2. The third-order valence-electron chi connectivity index (χ3n) is 2.15. The molecule has 0 saturated carbocycles. The first-order chi connectivity index (χ1) is 7.61. The van der Waals surface area contributed by atoms with Gasteiger partial charge in [-0.1, -0.05) is 11.6 Å². The molecule has 0 aliphatic rings. The zero-order valence-electron chi connectivity index (χ0n) is 8.54. The third-order valence-corrected chi connectivity index (χ3v) is 2.44. The Hall–Kier alpha value is -1.55. The maximum Gasteiger partial charge on any atom is 0.339 e. The highest BCUT2D eigenvalue weighted by molar-refractivity contribution is 6.31. The second kappa shape index (κ2) is 4.14. The first-order valence-electron chi connectivity index (χ1n) is 4.75. The van der Waals surface area contributed by atoms with Crippen molar-refractivity contribution in [3.8, 4) is 0 Å². The Bertz CT molecular complexity index is 511. The number of halogens is 2. The number of aromatic nitrogens is 1. The summed E-state index contributed by atoms with van der Waals surface area (Å²) < 4.78 is 19.5. The Morgan fingerprint density at radius 2 is 2.25 bits per heavy atom. The molecule has 0 radical (unpaired) electrons. The van der Waals surface area contributed by atoms with Crippen LogP contribution in [-0.4, -0.2) is 17.0 Å². The van der Waals surface area contributed by atoms with Crippen LogP contribution in [0.1, 0.15) is 17.3 Å². The van der Waals surface area contributed by atoms with E-state index in [1.165, 1.54) is 22.9 Å². The summed E-state index contributed by atoms with van der Waals surface area (Å²) in [6.07, 6.45) is 2.73. The Morgan fingerprint density at radius 1 is 1.50 bits per heavy atom. The monoisotopic (exact) mass is 241 g/mol. The molecule has 0 aromatic carbocycles. The van der Waals surface area contributed by atoms with Crippen LogP contribution in [0.15, 0.2) is 24.5 Å². The summed E-state index contributed by atoms with van der Waals surface area (Å²) in [5.74, 6) is -0.956. The van der Waals surface area contributed by atoms with Crippen molar-refractivity contribution in [1.29, 1.82) is 0 Å². The minimum Gasteiger partial charge on any atom is -0.462 e. The van der Waals surface area contributed by atoms with E-state index in [-0.39, 0.29) is 5.02 Å². The summed E-state index contributed by atoms with van der Waals surface area (Å²) in [5, 5.41) is 0.0287. The zero-order valence-corrected chi connectivity index (χ0v) is 9.29. The second-order valence-corrected chi connectivity index (χ2v) is 3.66. The van der Waals surface area contributed by atoms with Crippen LogP contribution in [0.25, 0.3) is 5.52 Å². The fourth-order valence-electron chi connectivity index (χ4n) is 1.43. The zero-order chi connectivity index (χ0) is 11.7. The van der Waals surface area contributed by atoms with Gasteiger partial charge in [-0.05, 0) is 19.1 Å². The van der Waals surface area contributed by atoms with E-state index in [0.29, 0.717) is 17.7 Å². The molecule has 2 heterocycles. The number of hydrogen-bond donors (Lipinski definition) is 0.